The first-order chi connectivity index (χ1) is 8.28. The zero-order valence-corrected chi connectivity index (χ0v) is 10.1. The van der Waals surface area contributed by atoms with E-state index in [-0.39, 0.29) is 0 Å². The van der Waals surface area contributed by atoms with Gasteiger partial charge in [0, 0.05) is 31.1 Å². The van der Waals surface area contributed by atoms with E-state index in [1.54, 1.807) is 30.7 Å². The van der Waals surface area contributed by atoms with E-state index in [4.69, 9.17) is 16.3 Å². The molecular formula is C12H12ClN3O. The fourth-order valence-electron chi connectivity index (χ4n) is 1.34. The van der Waals surface area contributed by atoms with Gasteiger partial charge in [-0.2, -0.15) is 0 Å². The van der Waals surface area contributed by atoms with E-state index in [9.17, 15) is 0 Å². The minimum absolute atomic E-state index is 0.545. The van der Waals surface area contributed by atoms with Crippen LogP contribution in [-0.4, -0.2) is 16.5 Å². The molecule has 0 aliphatic heterocycles. The van der Waals surface area contributed by atoms with Crippen LogP contribution in [0.5, 0.6) is 11.5 Å². The lowest BCUT2D eigenvalue weighted by Gasteiger charge is -2.07. The minimum atomic E-state index is 0.545. The van der Waals surface area contributed by atoms with Crippen molar-refractivity contribution in [3.63, 3.8) is 0 Å². The van der Waals surface area contributed by atoms with E-state index in [1.807, 2.05) is 13.0 Å². The van der Waals surface area contributed by atoms with E-state index in [2.05, 4.69) is 15.3 Å². The molecule has 2 heterocycles. The zero-order chi connectivity index (χ0) is 12.1. The average Bonchev–Trinajstić information content (AvgIpc) is 2.30. The summed E-state index contributed by atoms with van der Waals surface area (Å²) < 4.78 is 5.62. The van der Waals surface area contributed by atoms with Crippen molar-refractivity contribution in [2.24, 2.45) is 0 Å². The van der Waals surface area contributed by atoms with Gasteiger partial charge in [0.15, 0.2) is 0 Å². The molecule has 2 aromatic heterocycles. The number of anilines is 1. The lowest BCUT2D eigenvalue weighted by Crippen LogP contribution is -1.98. The number of nitrogens with zero attached hydrogens (tertiary/aromatic N) is 2. The second-order valence-corrected chi connectivity index (χ2v) is 3.78. The third-order valence-electron chi connectivity index (χ3n) is 2.00. The topological polar surface area (TPSA) is 47.0 Å². The molecule has 0 atom stereocenters. The number of rotatable bonds is 4. The Bertz CT molecular complexity index is 505. The quantitative estimate of drug-likeness (QED) is 0.903. The van der Waals surface area contributed by atoms with Crippen LogP contribution >= 0.6 is 11.6 Å². The molecule has 2 aromatic rings. The van der Waals surface area contributed by atoms with Gasteiger partial charge in [0.1, 0.15) is 17.3 Å². The van der Waals surface area contributed by atoms with Crippen LogP contribution in [-0.2, 0) is 0 Å². The van der Waals surface area contributed by atoms with Crippen LogP contribution in [0.25, 0.3) is 0 Å². The number of aromatic nitrogens is 2. The summed E-state index contributed by atoms with van der Waals surface area (Å²) in [5.74, 6) is 2.08. The van der Waals surface area contributed by atoms with Gasteiger partial charge in [0.05, 0.1) is 11.2 Å². The predicted octanol–water partition coefficient (Wildman–Crippen LogP) is 3.35. The van der Waals surface area contributed by atoms with Crippen LogP contribution < -0.4 is 10.1 Å². The standard InChI is InChI=1S/C12H12ClN3O/c1-2-15-12-6-10(3-4-16-12)17-11-5-9(13)7-14-8-11/h3-8H,2H2,1H3,(H,15,16). The molecule has 0 unspecified atom stereocenters. The largest absolute Gasteiger partial charge is 0.455 e. The van der Waals surface area contributed by atoms with Gasteiger partial charge in [-0.15, -0.1) is 0 Å². The van der Waals surface area contributed by atoms with Crippen LogP contribution in [0.2, 0.25) is 5.02 Å². The molecule has 0 radical (unpaired) electrons. The maximum absolute atomic E-state index is 5.82. The van der Waals surface area contributed by atoms with Gasteiger partial charge < -0.3 is 10.1 Å². The highest BCUT2D eigenvalue weighted by molar-refractivity contribution is 6.30. The lowest BCUT2D eigenvalue weighted by molar-refractivity contribution is 0.480. The minimum Gasteiger partial charge on any atom is -0.455 e. The van der Waals surface area contributed by atoms with E-state index in [0.717, 1.165) is 12.4 Å². The van der Waals surface area contributed by atoms with Crippen LogP contribution in [0.1, 0.15) is 6.92 Å². The molecule has 5 heteroatoms. The van der Waals surface area contributed by atoms with E-state index in [0.29, 0.717) is 16.5 Å². The van der Waals surface area contributed by atoms with Crippen molar-refractivity contribution < 1.29 is 4.74 Å². The maximum Gasteiger partial charge on any atom is 0.147 e. The predicted molar refractivity (Wildman–Crippen MR) is 67.7 cm³/mol. The van der Waals surface area contributed by atoms with Gasteiger partial charge in [-0.05, 0) is 13.0 Å². The Hall–Kier alpha value is -1.81. The Morgan fingerprint density at radius 3 is 2.94 bits per heavy atom. The number of nitrogens with one attached hydrogen (secondary N) is 1. The third-order valence-corrected chi connectivity index (χ3v) is 2.21. The number of hydrogen-bond donors (Lipinski definition) is 1. The molecule has 0 saturated heterocycles. The maximum atomic E-state index is 5.82. The molecule has 0 amide bonds. The molecule has 0 bridgehead atoms. The molecule has 88 valence electrons. The Labute approximate surface area is 105 Å². The van der Waals surface area contributed by atoms with Crippen molar-refractivity contribution in [3.05, 3.63) is 41.8 Å². The average molecular weight is 250 g/mol. The van der Waals surface area contributed by atoms with E-state index in [1.165, 1.54) is 0 Å². The number of hydrogen-bond acceptors (Lipinski definition) is 4. The Kier molecular flexibility index (Phi) is 3.77. The van der Waals surface area contributed by atoms with Crippen molar-refractivity contribution in [1.29, 1.82) is 0 Å². The van der Waals surface area contributed by atoms with Crippen molar-refractivity contribution in [1.82, 2.24) is 9.97 Å². The molecule has 0 aliphatic carbocycles. The van der Waals surface area contributed by atoms with Gasteiger partial charge in [0.2, 0.25) is 0 Å². The first-order valence-electron chi connectivity index (χ1n) is 5.26. The van der Waals surface area contributed by atoms with Crippen molar-refractivity contribution >= 4 is 17.4 Å². The summed E-state index contributed by atoms with van der Waals surface area (Å²) >= 11 is 5.82. The highest BCUT2D eigenvalue weighted by atomic mass is 35.5. The molecule has 0 spiro atoms. The zero-order valence-electron chi connectivity index (χ0n) is 9.35. The molecule has 17 heavy (non-hydrogen) atoms. The van der Waals surface area contributed by atoms with E-state index < -0.39 is 0 Å². The molecule has 2 rings (SSSR count). The number of halogens is 1. The summed E-state index contributed by atoms with van der Waals surface area (Å²) in [6.45, 7) is 2.82. The summed E-state index contributed by atoms with van der Waals surface area (Å²) in [4.78, 5) is 8.11. The molecule has 0 aliphatic rings. The number of pyridine rings is 2. The van der Waals surface area contributed by atoms with Gasteiger partial charge in [-0.25, -0.2) is 4.98 Å². The lowest BCUT2D eigenvalue weighted by atomic mass is 10.4. The van der Waals surface area contributed by atoms with Crippen LogP contribution in [0.15, 0.2) is 36.8 Å². The SMILES string of the molecule is CCNc1cc(Oc2cncc(Cl)c2)ccn1. The highest BCUT2D eigenvalue weighted by Gasteiger charge is 2.00. The van der Waals surface area contributed by atoms with E-state index >= 15 is 0 Å². The van der Waals surface area contributed by atoms with Gasteiger partial charge in [0.25, 0.3) is 0 Å². The van der Waals surface area contributed by atoms with Crippen molar-refractivity contribution in [2.45, 2.75) is 6.92 Å². The molecule has 0 saturated carbocycles. The monoisotopic (exact) mass is 249 g/mol. The Morgan fingerprint density at radius 2 is 2.18 bits per heavy atom. The van der Waals surface area contributed by atoms with Crippen LogP contribution in [0, 0.1) is 0 Å². The van der Waals surface area contributed by atoms with Crippen molar-refractivity contribution in [2.75, 3.05) is 11.9 Å². The molecular weight excluding hydrogens is 238 g/mol. The first-order valence-corrected chi connectivity index (χ1v) is 5.64. The summed E-state index contributed by atoms with van der Waals surface area (Å²) in [5, 5.41) is 3.66. The third kappa shape index (κ3) is 3.32. The summed E-state index contributed by atoms with van der Waals surface area (Å²) in [5.41, 5.74) is 0. The van der Waals surface area contributed by atoms with Crippen LogP contribution in [0.3, 0.4) is 0 Å². The summed E-state index contributed by atoms with van der Waals surface area (Å²) in [6, 6.07) is 5.31. The van der Waals surface area contributed by atoms with Crippen LogP contribution in [0.4, 0.5) is 5.82 Å². The fraction of sp³-hybridized carbons (Fsp3) is 0.167. The number of ether oxygens (including phenoxy) is 1. The highest BCUT2D eigenvalue weighted by Crippen LogP contribution is 2.24. The summed E-state index contributed by atoms with van der Waals surface area (Å²) in [7, 11) is 0. The molecule has 4 nitrogen and oxygen atoms in total. The molecule has 0 fully saturated rings. The second kappa shape index (κ2) is 5.50. The Morgan fingerprint density at radius 1 is 1.29 bits per heavy atom. The van der Waals surface area contributed by atoms with Gasteiger partial charge in [-0.1, -0.05) is 11.6 Å². The van der Waals surface area contributed by atoms with Crippen molar-refractivity contribution in [3.8, 4) is 11.5 Å². The van der Waals surface area contributed by atoms with Gasteiger partial charge >= 0.3 is 0 Å². The fourth-order valence-corrected chi connectivity index (χ4v) is 1.50. The van der Waals surface area contributed by atoms with Gasteiger partial charge in [-0.3, -0.25) is 4.98 Å². The Balaban J connectivity index is 2.15. The second-order valence-electron chi connectivity index (χ2n) is 3.35. The molecule has 1 N–H and O–H groups in total. The normalized spacial score (nSPS) is 10.0. The summed E-state index contributed by atoms with van der Waals surface area (Å²) in [6.07, 6.45) is 4.86. The smallest absolute Gasteiger partial charge is 0.147 e. The molecule has 0 aromatic carbocycles. The first kappa shape index (κ1) is 11.7.